The topological polar surface area (TPSA) is 30.2 Å². The predicted octanol–water partition coefficient (Wildman–Crippen LogP) is 5.47. The molecule has 24 heavy (non-hydrogen) atoms. The first-order valence-electron chi connectivity index (χ1n) is 7.73. The van der Waals surface area contributed by atoms with Crippen LogP contribution in [0.2, 0.25) is 0 Å². The van der Waals surface area contributed by atoms with E-state index in [0.29, 0.717) is 0 Å². The molecule has 0 unspecified atom stereocenters. The molecule has 0 atom stereocenters. The molecule has 0 bridgehead atoms. The highest BCUT2D eigenvalue weighted by Crippen LogP contribution is 2.30. The fourth-order valence-corrected chi connectivity index (χ4v) is 3.51. The zero-order valence-corrected chi connectivity index (χ0v) is 14.2. The van der Waals surface area contributed by atoms with Gasteiger partial charge >= 0.3 is 0 Å². The molecule has 0 saturated heterocycles. The minimum Gasteiger partial charge on any atom is -0.276 e. The summed E-state index contributed by atoms with van der Waals surface area (Å²) in [5, 5.41) is 1.04. The van der Waals surface area contributed by atoms with Gasteiger partial charge in [-0.25, -0.2) is 9.97 Å². The van der Waals surface area contributed by atoms with Crippen molar-refractivity contribution in [3.8, 4) is 11.4 Å². The molecule has 3 nitrogen and oxygen atoms in total. The van der Waals surface area contributed by atoms with Crippen molar-refractivity contribution >= 4 is 43.5 Å². The smallest absolute Gasteiger partial charge is 0.149 e. The Morgan fingerprint density at radius 1 is 0.750 bits per heavy atom. The number of hydrogen-bond acceptors (Lipinski definition) is 2. The Labute approximate surface area is 146 Å². The van der Waals surface area contributed by atoms with Crippen molar-refractivity contribution in [2.75, 3.05) is 0 Å². The van der Waals surface area contributed by atoms with Gasteiger partial charge in [0.05, 0.1) is 16.6 Å². The fourth-order valence-electron chi connectivity index (χ4n) is 3.15. The molecule has 0 aliphatic carbocycles. The van der Waals surface area contributed by atoms with Crippen molar-refractivity contribution in [1.82, 2.24) is 14.4 Å². The van der Waals surface area contributed by atoms with E-state index in [9.17, 15) is 0 Å². The van der Waals surface area contributed by atoms with Gasteiger partial charge in [-0.2, -0.15) is 0 Å². The van der Waals surface area contributed by atoms with E-state index < -0.39 is 0 Å². The first kappa shape index (κ1) is 13.7. The third kappa shape index (κ3) is 1.96. The predicted molar refractivity (Wildman–Crippen MR) is 101 cm³/mol. The van der Waals surface area contributed by atoms with Crippen molar-refractivity contribution in [2.24, 2.45) is 0 Å². The summed E-state index contributed by atoms with van der Waals surface area (Å²) in [5.41, 5.74) is 5.00. The molecule has 5 rings (SSSR count). The zero-order chi connectivity index (χ0) is 16.1. The van der Waals surface area contributed by atoms with Gasteiger partial charge in [-0.05, 0) is 30.3 Å². The van der Waals surface area contributed by atoms with E-state index >= 15 is 0 Å². The monoisotopic (exact) mass is 373 g/mol. The van der Waals surface area contributed by atoms with Gasteiger partial charge < -0.3 is 0 Å². The van der Waals surface area contributed by atoms with E-state index in [1.807, 2.05) is 48.5 Å². The molecule has 0 radical (unpaired) electrons. The standard InChI is InChI=1S/C20H12BrN3/c21-14-10-11-16-15(12-14)20-23-17-8-4-5-9-18(17)24(20)19(22-16)13-6-2-1-3-7-13/h1-12H. The van der Waals surface area contributed by atoms with E-state index in [2.05, 4.69) is 44.6 Å². The van der Waals surface area contributed by atoms with Gasteiger partial charge in [0, 0.05) is 15.4 Å². The van der Waals surface area contributed by atoms with Gasteiger partial charge in [0.25, 0.3) is 0 Å². The third-order valence-corrected chi connectivity index (χ3v) is 4.72. The van der Waals surface area contributed by atoms with Crippen LogP contribution in [0.25, 0.3) is 39.0 Å². The van der Waals surface area contributed by atoms with Crippen molar-refractivity contribution in [2.45, 2.75) is 0 Å². The number of para-hydroxylation sites is 2. The van der Waals surface area contributed by atoms with Crippen LogP contribution in [0.3, 0.4) is 0 Å². The zero-order valence-electron chi connectivity index (χ0n) is 12.6. The fraction of sp³-hybridized carbons (Fsp3) is 0. The second kappa shape index (κ2) is 5.14. The summed E-state index contributed by atoms with van der Waals surface area (Å²) in [7, 11) is 0. The van der Waals surface area contributed by atoms with Crippen LogP contribution in [0.1, 0.15) is 0 Å². The van der Waals surface area contributed by atoms with E-state index in [-0.39, 0.29) is 0 Å². The van der Waals surface area contributed by atoms with E-state index in [1.165, 1.54) is 0 Å². The Morgan fingerprint density at radius 3 is 2.42 bits per heavy atom. The minimum absolute atomic E-state index is 0.911. The number of rotatable bonds is 1. The first-order valence-corrected chi connectivity index (χ1v) is 8.52. The van der Waals surface area contributed by atoms with Crippen LogP contribution in [-0.4, -0.2) is 14.4 Å². The molecule has 5 aromatic rings. The highest BCUT2D eigenvalue weighted by atomic mass is 79.9. The summed E-state index contributed by atoms with van der Waals surface area (Å²) in [6.07, 6.45) is 0. The number of aromatic nitrogens is 3. The minimum atomic E-state index is 0.911. The number of fused-ring (bicyclic) bond motifs is 5. The quantitative estimate of drug-likeness (QED) is 0.390. The Balaban J connectivity index is 2.05. The number of hydrogen-bond donors (Lipinski definition) is 0. The van der Waals surface area contributed by atoms with Crippen LogP contribution in [0, 0.1) is 0 Å². The average molecular weight is 374 g/mol. The summed E-state index contributed by atoms with van der Waals surface area (Å²) in [5.74, 6) is 0.911. The molecule has 0 amide bonds. The Hall–Kier alpha value is -2.72. The molecular formula is C20H12BrN3. The Morgan fingerprint density at radius 2 is 1.54 bits per heavy atom. The molecule has 0 fully saturated rings. The van der Waals surface area contributed by atoms with Crippen LogP contribution in [-0.2, 0) is 0 Å². The summed E-state index contributed by atoms with van der Waals surface area (Å²) >= 11 is 3.56. The second-order valence-electron chi connectivity index (χ2n) is 5.72. The molecule has 0 aliphatic rings. The summed E-state index contributed by atoms with van der Waals surface area (Å²) in [6.45, 7) is 0. The molecule has 2 aromatic heterocycles. The van der Waals surface area contributed by atoms with Crippen molar-refractivity contribution in [3.05, 3.63) is 77.3 Å². The summed E-state index contributed by atoms with van der Waals surface area (Å²) in [4.78, 5) is 9.81. The summed E-state index contributed by atoms with van der Waals surface area (Å²) < 4.78 is 3.18. The van der Waals surface area contributed by atoms with Gasteiger partial charge in [-0.15, -0.1) is 0 Å². The molecule has 114 valence electrons. The van der Waals surface area contributed by atoms with Crippen molar-refractivity contribution in [1.29, 1.82) is 0 Å². The molecule has 4 heteroatoms. The molecule has 0 aliphatic heterocycles. The van der Waals surface area contributed by atoms with Crippen molar-refractivity contribution in [3.63, 3.8) is 0 Å². The van der Waals surface area contributed by atoms with Crippen LogP contribution >= 0.6 is 15.9 Å². The lowest BCUT2D eigenvalue weighted by Gasteiger charge is -2.09. The molecule has 0 spiro atoms. The highest BCUT2D eigenvalue weighted by molar-refractivity contribution is 9.10. The number of halogens is 1. The lowest BCUT2D eigenvalue weighted by molar-refractivity contribution is 1.16. The number of imidazole rings is 1. The third-order valence-electron chi connectivity index (χ3n) is 4.23. The normalized spacial score (nSPS) is 11.5. The van der Waals surface area contributed by atoms with Gasteiger partial charge in [-0.3, -0.25) is 4.40 Å². The van der Waals surface area contributed by atoms with Crippen LogP contribution in [0.15, 0.2) is 77.3 Å². The first-order chi connectivity index (χ1) is 11.8. The molecule has 0 N–H and O–H groups in total. The lowest BCUT2D eigenvalue weighted by atomic mass is 10.2. The SMILES string of the molecule is Brc1ccc2nc(-c3ccccc3)n3c4ccccc4nc3c2c1. The number of benzene rings is 3. The van der Waals surface area contributed by atoms with Crippen LogP contribution in [0.4, 0.5) is 0 Å². The summed E-state index contributed by atoms with van der Waals surface area (Å²) in [6, 6.07) is 24.6. The van der Waals surface area contributed by atoms with E-state index in [1.54, 1.807) is 0 Å². The van der Waals surface area contributed by atoms with Crippen molar-refractivity contribution < 1.29 is 0 Å². The lowest BCUT2D eigenvalue weighted by Crippen LogP contribution is -1.97. The van der Waals surface area contributed by atoms with Gasteiger partial charge in [0.1, 0.15) is 11.5 Å². The number of nitrogens with zero attached hydrogens (tertiary/aromatic N) is 3. The largest absolute Gasteiger partial charge is 0.276 e. The average Bonchev–Trinajstić information content (AvgIpc) is 3.02. The molecule has 2 heterocycles. The van der Waals surface area contributed by atoms with Gasteiger partial charge in [0.15, 0.2) is 0 Å². The van der Waals surface area contributed by atoms with Gasteiger partial charge in [-0.1, -0.05) is 58.4 Å². The maximum Gasteiger partial charge on any atom is 0.149 e. The Bertz CT molecular complexity index is 1210. The highest BCUT2D eigenvalue weighted by Gasteiger charge is 2.15. The maximum atomic E-state index is 4.94. The van der Waals surface area contributed by atoms with E-state index in [4.69, 9.17) is 9.97 Å². The Kier molecular flexibility index (Phi) is 2.94. The molecular weight excluding hydrogens is 362 g/mol. The molecule has 0 saturated carbocycles. The second-order valence-corrected chi connectivity index (χ2v) is 6.64. The van der Waals surface area contributed by atoms with E-state index in [0.717, 1.165) is 43.4 Å². The maximum absolute atomic E-state index is 4.94. The van der Waals surface area contributed by atoms with Gasteiger partial charge in [0.2, 0.25) is 0 Å². The van der Waals surface area contributed by atoms with Crippen LogP contribution < -0.4 is 0 Å². The molecule has 3 aromatic carbocycles. The van der Waals surface area contributed by atoms with Crippen LogP contribution in [0.5, 0.6) is 0 Å².